The van der Waals surface area contributed by atoms with Crippen molar-refractivity contribution in [1.29, 1.82) is 0 Å². The number of aryl methyl sites for hydroxylation is 1. The number of amides is 2. The monoisotopic (exact) mass is 419 g/mol. The highest BCUT2D eigenvalue weighted by molar-refractivity contribution is 6.07. The maximum Gasteiger partial charge on any atom is 0.287 e. The molecule has 158 valence electrons. The third-order valence-electron chi connectivity index (χ3n) is 5.24. The lowest BCUT2D eigenvalue weighted by Crippen LogP contribution is -2.24. The van der Waals surface area contributed by atoms with E-state index in [9.17, 15) is 14.0 Å². The van der Waals surface area contributed by atoms with Crippen molar-refractivity contribution in [2.24, 2.45) is 5.10 Å². The number of carbonyl (C=O) groups is 2. The number of halogens is 1. The second kappa shape index (κ2) is 8.95. The van der Waals surface area contributed by atoms with Gasteiger partial charge >= 0.3 is 0 Å². The summed E-state index contributed by atoms with van der Waals surface area (Å²) in [5.74, 6) is -0.616. The first-order valence-electron chi connectivity index (χ1n) is 10.1. The minimum atomic E-state index is -0.625. The summed E-state index contributed by atoms with van der Waals surface area (Å²) in [7, 11) is 0. The van der Waals surface area contributed by atoms with Crippen LogP contribution in [0.1, 0.15) is 56.2 Å². The summed E-state index contributed by atoms with van der Waals surface area (Å²) in [5.41, 5.74) is 5.38. The van der Waals surface area contributed by atoms with E-state index in [2.05, 4.69) is 15.8 Å². The summed E-state index contributed by atoms with van der Waals surface area (Å²) < 4.78 is 19.7. The molecule has 0 saturated carbocycles. The first kappa shape index (κ1) is 20.5. The lowest BCUT2D eigenvalue weighted by Gasteiger charge is -2.13. The molecule has 0 spiro atoms. The predicted octanol–water partition coefficient (Wildman–Crippen LogP) is 4.13. The van der Waals surface area contributed by atoms with Crippen LogP contribution in [-0.2, 0) is 13.0 Å². The smallest absolute Gasteiger partial charge is 0.287 e. The molecule has 6 nitrogen and oxygen atoms in total. The molecule has 0 unspecified atom stereocenters. The van der Waals surface area contributed by atoms with Gasteiger partial charge in [-0.25, -0.2) is 9.82 Å². The van der Waals surface area contributed by atoms with Crippen LogP contribution in [0.15, 0.2) is 64.1 Å². The van der Waals surface area contributed by atoms with Crippen LogP contribution < -0.4 is 10.7 Å². The fourth-order valence-corrected chi connectivity index (χ4v) is 3.68. The van der Waals surface area contributed by atoms with Crippen molar-refractivity contribution >= 4 is 17.5 Å². The number of benzene rings is 2. The molecular weight excluding hydrogens is 397 g/mol. The van der Waals surface area contributed by atoms with E-state index in [-0.39, 0.29) is 17.2 Å². The van der Waals surface area contributed by atoms with Crippen LogP contribution in [0, 0.1) is 12.7 Å². The Labute approximate surface area is 179 Å². The second-order valence-corrected chi connectivity index (χ2v) is 7.36. The van der Waals surface area contributed by atoms with E-state index in [1.54, 1.807) is 13.0 Å². The van der Waals surface area contributed by atoms with Gasteiger partial charge in [-0.3, -0.25) is 9.59 Å². The number of carbonyl (C=O) groups excluding carboxylic acids is 2. The molecule has 2 aromatic carbocycles. The largest absolute Gasteiger partial charge is 0.455 e. The van der Waals surface area contributed by atoms with Gasteiger partial charge < -0.3 is 9.73 Å². The van der Waals surface area contributed by atoms with Crippen LogP contribution >= 0.6 is 0 Å². The van der Waals surface area contributed by atoms with Crippen LogP contribution in [0.4, 0.5) is 4.39 Å². The number of nitrogens with one attached hydrogen (secondary N) is 2. The Balaban J connectivity index is 1.52. The zero-order valence-electron chi connectivity index (χ0n) is 17.1. The van der Waals surface area contributed by atoms with E-state index in [4.69, 9.17) is 4.42 Å². The SMILES string of the molecule is Cc1c(C(=O)NCc2ccccc2)oc2c1/C(=N/NC(=O)c1ccccc1F)CCC2. The van der Waals surface area contributed by atoms with Crippen molar-refractivity contribution in [3.8, 4) is 0 Å². The van der Waals surface area contributed by atoms with E-state index in [1.807, 2.05) is 30.3 Å². The summed E-state index contributed by atoms with van der Waals surface area (Å²) in [6.07, 6.45) is 2.08. The summed E-state index contributed by atoms with van der Waals surface area (Å²) >= 11 is 0. The first-order chi connectivity index (χ1) is 15.0. The minimum absolute atomic E-state index is 0.0761. The Bertz CT molecular complexity index is 1150. The topological polar surface area (TPSA) is 83.7 Å². The predicted molar refractivity (Wildman–Crippen MR) is 114 cm³/mol. The maximum atomic E-state index is 13.8. The van der Waals surface area contributed by atoms with Gasteiger partial charge in [-0.1, -0.05) is 42.5 Å². The Hall–Kier alpha value is -3.74. The van der Waals surface area contributed by atoms with E-state index in [0.29, 0.717) is 36.4 Å². The lowest BCUT2D eigenvalue weighted by atomic mass is 9.93. The summed E-state index contributed by atoms with van der Waals surface area (Å²) in [6.45, 7) is 2.20. The quantitative estimate of drug-likeness (QED) is 0.610. The molecule has 2 N–H and O–H groups in total. The van der Waals surface area contributed by atoms with E-state index < -0.39 is 11.7 Å². The van der Waals surface area contributed by atoms with Gasteiger partial charge in [0.25, 0.3) is 11.8 Å². The normalized spacial score (nSPS) is 14.2. The summed E-state index contributed by atoms with van der Waals surface area (Å²) in [6, 6.07) is 15.3. The highest BCUT2D eigenvalue weighted by Crippen LogP contribution is 2.30. The van der Waals surface area contributed by atoms with Crippen LogP contribution in [0.5, 0.6) is 0 Å². The van der Waals surface area contributed by atoms with Gasteiger partial charge in [0, 0.05) is 24.1 Å². The van der Waals surface area contributed by atoms with Crippen molar-refractivity contribution < 1.29 is 18.4 Å². The van der Waals surface area contributed by atoms with Gasteiger partial charge in [-0.2, -0.15) is 5.10 Å². The summed E-state index contributed by atoms with van der Waals surface area (Å²) in [4.78, 5) is 25.0. The molecule has 0 atom stereocenters. The number of hydrogen-bond donors (Lipinski definition) is 2. The van der Waals surface area contributed by atoms with Crippen LogP contribution in [0.25, 0.3) is 0 Å². The molecular formula is C24H22FN3O3. The number of fused-ring (bicyclic) bond motifs is 1. The van der Waals surface area contributed by atoms with Gasteiger partial charge in [0.2, 0.25) is 0 Å². The van der Waals surface area contributed by atoms with Crippen molar-refractivity contribution in [3.05, 3.63) is 94.2 Å². The molecule has 0 fully saturated rings. The molecule has 1 aliphatic rings. The standard InChI is InChI=1S/C24H22FN3O3/c1-15-21-19(27-28-23(29)17-10-5-6-11-18(17)25)12-7-13-20(21)31-22(15)24(30)26-14-16-8-3-2-4-9-16/h2-6,8-11H,7,12-14H2,1H3,(H,26,30)(H,28,29)/b27-19+. The average Bonchev–Trinajstić information content (AvgIpc) is 3.14. The molecule has 4 rings (SSSR count). The molecule has 0 radical (unpaired) electrons. The fraction of sp³-hybridized carbons (Fsp3) is 0.208. The Morgan fingerprint density at radius 1 is 1.03 bits per heavy atom. The van der Waals surface area contributed by atoms with Gasteiger partial charge in [0.1, 0.15) is 11.6 Å². The van der Waals surface area contributed by atoms with Crippen molar-refractivity contribution in [2.45, 2.75) is 32.7 Å². The number of hydrazone groups is 1. The van der Waals surface area contributed by atoms with E-state index in [1.165, 1.54) is 18.2 Å². The highest BCUT2D eigenvalue weighted by Gasteiger charge is 2.28. The molecule has 2 amide bonds. The first-order valence-corrected chi connectivity index (χ1v) is 10.1. The van der Waals surface area contributed by atoms with Crippen molar-refractivity contribution in [1.82, 2.24) is 10.7 Å². The number of furan rings is 1. The van der Waals surface area contributed by atoms with Crippen LogP contribution in [0.3, 0.4) is 0 Å². The zero-order chi connectivity index (χ0) is 21.8. The molecule has 31 heavy (non-hydrogen) atoms. The van der Waals surface area contributed by atoms with Gasteiger partial charge in [0.05, 0.1) is 11.3 Å². The van der Waals surface area contributed by atoms with Crippen LogP contribution in [0.2, 0.25) is 0 Å². The molecule has 1 heterocycles. The Morgan fingerprint density at radius 2 is 1.77 bits per heavy atom. The second-order valence-electron chi connectivity index (χ2n) is 7.36. The third kappa shape index (κ3) is 4.40. The molecule has 0 aliphatic heterocycles. The molecule has 7 heteroatoms. The Morgan fingerprint density at radius 3 is 2.55 bits per heavy atom. The maximum absolute atomic E-state index is 13.8. The van der Waals surface area contributed by atoms with Crippen molar-refractivity contribution in [3.63, 3.8) is 0 Å². The third-order valence-corrected chi connectivity index (χ3v) is 5.24. The van der Waals surface area contributed by atoms with Crippen LogP contribution in [-0.4, -0.2) is 17.5 Å². The lowest BCUT2D eigenvalue weighted by molar-refractivity contribution is 0.0918. The average molecular weight is 419 g/mol. The molecule has 0 saturated heterocycles. The fourth-order valence-electron chi connectivity index (χ4n) is 3.68. The zero-order valence-corrected chi connectivity index (χ0v) is 17.1. The minimum Gasteiger partial charge on any atom is -0.455 e. The van der Waals surface area contributed by atoms with Gasteiger partial charge in [-0.05, 0) is 37.5 Å². The highest BCUT2D eigenvalue weighted by atomic mass is 19.1. The van der Waals surface area contributed by atoms with Crippen molar-refractivity contribution in [2.75, 3.05) is 0 Å². The molecule has 3 aromatic rings. The molecule has 1 aromatic heterocycles. The number of hydrogen-bond acceptors (Lipinski definition) is 4. The molecule has 0 bridgehead atoms. The number of nitrogens with zero attached hydrogens (tertiary/aromatic N) is 1. The van der Waals surface area contributed by atoms with Gasteiger partial charge in [-0.15, -0.1) is 0 Å². The van der Waals surface area contributed by atoms with E-state index >= 15 is 0 Å². The van der Waals surface area contributed by atoms with E-state index in [0.717, 1.165) is 17.5 Å². The number of rotatable bonds is 5. The molecule has 1 aliphatic carbocycles. The summed E-state index contributed by atoms with van der Waals surface area (Å²) in [5, 5.41) is 7.10. The van der Waals surface area contributed by atoms with Gasteiger partial charge in [0.15, 0.2) is 5.76 Å². The Kier molecular flexibility index (Phi) is 5.93.